The second-order valence-corrected chi connectivity index (χ2v) is 3.76. The summed E-state index contributed by atoms with van der Waals surface area (Å²) in [6.07, 6.45) is 1.44. The Balaban J connectivity index is 2.57. The van der Waals surface area contributed by atoms with Crippen molar-refractivity contribution < 1.29 is 9.18 Å². The average molecular weight is 230 g/mol. The van der Waals surface area contributed by atoms with Gasteiger partial charge in [-0.1, -0.05) is 17.7 Å². The lowest BCUT2D eigenvalue weighted by Gasteiger charge is -2.01. The lowest BCUT2D eigenvalue weighted by molar-refractivity contribution is -0.118. The lowest BCUT2D eigenvalue weighted by atomic mass is 10.1. The van der Waals surface area contributed by atoms with E-state index in [2.05, 4.69) is 0 Å². The molecule has 1 rings (SSSR count). The van der Waals surface area contributed by atoms with Gasteiger partial charge >= 0.3 is 0 Å². The fraction of sp³-hybridized carbons (Fsp3) is 0.364. The van der Waals surface area contributed by atoms with Gasteiger partial charge in [0.1, 0.15) is 11.6 Å². The first-order chi connectivity index (χ1) is 7.13. The SMILES string of the molecule is NCCCC(=O)Cc1ccc(F)c(Cl)c1. The minimum Gasteiger partial charge on any atom is -0.330 e. The number of carbonyl (C=O) groups is 1. The van der Waals surface area contributed by atoms with Crippen LogP contribution >= 0.6 is 11.6 Å². The van der Waals surface area contributed by atoms with Crippen LogP contribution in [0.25, 0.3) is 0 Å². The largest absolute Gasteiger partial charge is 0.330 e. The second kappa shape index (κ2) is 5.83. The number of benzene rings is 1. The summed E-state index contributed by atoms with van der Waals surface area (Å²) >= 11 is 5.60. The van der Waals surface area contributed by atoms with E-state index < -0.39 is 5.82 Å². The Kier molecular flexibility index (Phi) is 4.72. The van der Waals surface area contributed by atoms with E-state index in [-0.39, 0.29) is 10.8 Å². The molecule has 0 amide bonds. The summed E-state index contributed by atoms with van der Waals surface area (Å²) in [4.78, 5) is 11.4. The molecule has 0 spiro atoms. The molecule has 2 N–H and O–H groups in total. The van der Waals surface area contributed by atoms with Gasteiger partial charge < -0.3 is 5.73 Å². The Morgan fingerprint density at radius 3 is 2.80 bits per heavy atom. The molecule has 0 fully saturated rings. The first kappa shape index (κ1) is 12.1. The molecule has 0 radical (unpaired) electrons. The fourth-order valence-corrected chi connectivity index (χ4v) is 1.47. The van der Waals surface area contributed by atoms with Gasteiger partial charge in [0.2, 0.25) is 0 Å². The van der Waals surface area contributed by atoms with Crippen LogP contribution in [-0.2, 0) is 11.2 Å². The molecule has 0 aliphatic heterocycles. The van der Waals surface area contributed by atoms with Crippen LogP contribution < -0.4 is 5.73 Å². The van der Waals surface area contributed by atoms with E-state index in [9.17, 15) is 9.18 Å². The zero-order chi connectivity index (χ0) is 11.3. The Morgan fingerprint density at radius 1 is 1.47 bits per heavy atom. The van der Waals surface area contributed by atoms with E-state index in [0.29, 0.717) is 25.8 Å². The fourth-order valence-electron chi connectivity index (χ4n) is 1.26. The number of nitrogens with two attached hydrogens (primary N) is 1. The number of halogens is 2. The van der Waals surface area contributed by atoms with Gasteiger partial charge in [0, 0.05) is 12.8 Å². The van der Waals surface area contributed by atoms with Crippen molar-refractivity contribution in [3.05, 3.63) is 34.6 Å². The highest BCUT2D eigenvalue weighted by atomic mass is 35.5. The first-order valence-electron chi connectivity index (χ1n) is 4.79. The molecule has 82 valence electrons. The molecule has 2 nitrogen and oxygen atoms in total. The van der Waals surface area contributed by atoms with Crippen molar-refractivity contribution in [1.29, 1.82) is 0 Å². The lowest BCUT2D eigenvalue weighted by Crippen LogP contribution is -2.07. The monoisotopic (exact) mass is 229 g/mol. The molecule has 0 aliphatic carbocycles. The average Bonchev–Trinajstić information content (AvgIpc) is 2.20. The number of hydrogen-bond donors (Lipinski definition) is 1. The van der Waals surface area contributed by atoms with E-state index in [0.717, 1.165) is 5.56 Å². The highest BCUT2D eigenvalue weighted by molar-refractivity contribution is 6.30. The third-order valence-corrected chi connectivity index (χ3v) is 2.33. The molecule has 0 atom stereocenters. The maximum Gasteiger partial charge on any atom is 0.141 e. The van der Waals surface area contributed by atoms with E-state index in [1.165, 1.54) is 12.1 Å². The van der Waals surface area contributed by atoms with Crippen molar-refractivity contribution in [1.82, 2.24) is 0 Å². The van der Waals surface area contributed by atoms with Crippen molar-refractivity contribution in [3.8, 4) is 0 Å². The van der Waals surface area contributed by atoms with Crippen molar-refractivity contribution in [2.75, 3.05) is 6.54 Å². The van der Waals surface area contributed by atoms with Gasteiger partial charge in [0.25, 0.3) is 0 Å². The van der Waals surface area contributed by atoms with Crippen LogP contribution in [0.5, 0.6) is 0 Å². The second-order valence-electron chi connectivity index (χ2n) is 3.36. The smallest absolute Gasteiger partial charge is 0.141 e. The summed E-state index contributed by atoms with van der Waals surface area (Å²) in [5.41, 5.74) is 6.03. The van der Waals surface area contributed by atoms with E-state index in [1.807, 2.05) is 0 Å². The highest BCUT2D eigenvalue weighted by Gasteiger charge is 2.05. The number of Topliss-reactive ketones (excluding diaryl/α,β-unsaturated/α-hetero) is 1. The van der Waals surface area contributed by atoms with Gasteiger partial charge in [-0.3, -0.25) is 4.79 Å². The van der Waals surface area contributed by atoms with Crippen LogP contribution in [0.2, 0.25) is 5.02 Å². The molecule has 0 saturated heterocycles. The molecule has 0 aromatic heterocycles. The zero-order valence-corrected chi connectivity index (χ0v) is 9.06. The quantitative estimate of drug-likeness (QED) is 0.842. The Morgan fingerprint density at radius 2 is 2.20 bits per heavy atom. The highest BCUT2D eigenvalue weighted by Crippen LogP contribution is 2.16. The maximum atomic E-state index is 12.8. The minimum atomic E-state index is -0.463. The number of carbonyl (C=O) groups excluding carboxylic acids is 1. The van der Waals surface area contributed by atoms with Gasteiger partial charge in [-0.2, -0.15) is 0 Å². The van der Waals surface area contributed by atoms with Crippen LogP contribution in [0.1, 0.15) is 18.4 Å². The molecule has 0 aliphatic rings. The van der Waals surface area contributed by atoms with Crippen LogP contribution in [0.4, 0.5) is 4.39 Å². The minimum absolute atomic E-state index is 0.0547. The van der Waals surface area contributed by atoms with E-state index >= 15 is 0 Å². The summed E-state index contributed by atoms with van der Waals surface area (Å²) in [7, 11) is 0. The van der Waals surface area contributed by atoms with Crippen molar-refractivity contribution in [2.24, 2.45) is 5.73 Å². The molecule has 1 aromatic rings. The Labute approximate surface area is 93.2 Å². The van der Waals surface area contributed by atoms with E-state index in [4.69, 9.17) is 17.3 Å². The molecule has 0 heterocycles. The van der Waals surface area contributed by atoms with Crippen LogP contribution in [-0.4, -0.2) is 12.3 Å². The Hall–Kier alpha value is -0.930. The van der Waals surface area contributed by atoms with Gasteiger partial charge in [0.15, 0.2) is 0 Å². The van der Waals surface area contributed by atoms with Gasteiger partial charge in [-0.05, 0) is 30.7 Å². The molecule has 0 saturated carbocycles. The molecule has 0 bridgehead atoms. The predicted molar refractivity (Wildman–Crippen MR) is 58.4 cm³/mol. The molecule has 1 aromatic carbocycles. The summed E-state index contributed by atoms with van der Waals surface area (Å²) in [5, 5.41) is 0.0547. The van der Waals surface area contributed by atoms with Gasteiger partial charge in [-0.15, -0.1) is 0 Å². The maximum absolute atomic E-state index is 12.8. The molecule has 15 heavy (non-hydrogen) atoms. The Bertz CT molecular complexity index is 354. The van der Waals surface area contributed by atoms with Crippen molar-refractivity contribution >= 4 is 17.4 Å². The van der Waals surface area contributed by atoms with Crippen molar-refractivity contribution in [3.63, 3.8) is 0 Å². The van der Waals surface area contributed by atoms with Gasteiger partial charge in [0.05, 0.1) is 5.02 Å². The summed E-state index contributed by atoms with van der Waals surface area (Å²) in [6.45, 7) is 0.510. The normalized spacial score (nSPS) is 10.3. The molecular formula is C11H13ClFNO. The summed E-state index contributed by atoms with van der Waals surface area (Å²) < 4.78 is 12.8. The molecular weight excluding hydrogens is 217 g/mol. The van der Waals surface area contributed by atoms with E-state index in [1.54, 1.807) is 6.07 Å². The number of hydrogen-bond acceptors (Lipinski definition) is 2. The van der Waals surface area contributed by atoms with Crippen LogP contribution in [0.15, 0.2) is 18.2 Å². The predicted octanol–water partition coefficient (Wildman–Crippen LogP) is 2.33. The first-order valence-corrected chi connectivity index (χ1v) is 5.17. The molecule has 0 unspecified atom stereocenters. The third kappa shape index (κ3) is 3.98. The van der Waals surface area contributed by atoms with Gasteiger partial charge in [-0.25, -0.2) is 4.39 Å². The van der Waals surface area contributed by atoms with Crippen LogP contribution in [0, 0.1) is 5.82 Å². The van der Waals surface area contributed by atoms with Crippen LogP contribution in [0.3, 0.4) is 0 Å². The number of ketones is 1. The van der Waals surface area contributed by atoms with Crippen molar-refractivity contribution in [2.45, 2.75) is 19.3 Å². The zero-order valence-electron chi connectivity index (χ0n) is 8.30. The standard InChI is InChI=1S/C11H13ClFNO/c12-10-7-8(3-4-11(10)13)6-9(15)2-1-5-14/h3-4,7H,1-2,5-6,14H2. The molecule has 4 heteroatoms. The topological polar surface area (TPSA) is 43.1 Å². The summed E-state index contributed by atoms with van der Waals surface area (Å²) in [6, 6.07) is 4.33. The summed E-state index contributed by atoms with van der Waals surface area (Å²) in [5.74, 6) is -0.363. The third-order valence-electron chi connectivity index (χ3n) is 2.05. The number of rotatable bonds is 5.